The van der Waals surface area contributed by atoms with Gasteiger partial charge in [-0.15, -0.1) is 0 Å². The minimum absolute atomic E-state index is 0.469. The molecular formula is C11H19N3O. The Labute approximate surface area is 91.1 Å². The van der Waals surface area contributed by atoms with E-state index < -0.39 is 0 Å². The quantitative estimate of drug-likeness (QED) is 0.706. The maximum Gasteiger partial charge on any atom is 0.126 e. The molecule has 0 aliphatic rings. The molecule has 0 unspecified atom stereocenters. The van der Waals surface area contributed by atoms with E-state index in [0.29, 0.717) is 6.54 Å². The first-order valence-corrected chi connectivity index (χ1v) is 5.14. The molecular weight excluding hydrogens is 190 g/mol. The molecule has 84 valence electrons. The van der Waals surface area contributed by atoms with E-state index in [1.165, 1.54) is 0 Å². The number of hydrogen-bond donors (Lipinski definition) is 1. The van der Waals surface area contributed by atoms with E-state index in [4.69, 9.17) is 10.5 Å². The van der Waals surface area contributed by atoms with Gasteiger partial charge in [0.25, 0.3) is 0 Å². The van der Waals surface area contributed by atoms with Crippen LogP contribution in [0.4, 0.5) is 0 Å². The van der Waals surface area contributed by atoms with E-state index >= 15 is 0 Å². The van der Waals surface area contributed by atoms with Crippen LogP contribution in [0, 0.1) is 0 Å². The number of pyridine rings is 1. The number of ether oxygens (including phenoxy) is 1. The van der Waals surface area contributed by atoms with E-state index in [1.807, 2.05) is 6.07 Å². The van der Waals surface area contributed by atoms with Gasteiger partial charge >= 0.3 is 0 Å². The van der Waals surface area contributed by atoms with Crippen molar-refractivity contribution in [3.63, 3.8) is 0 Å². The SMILES string of the molecule is CN(C)CCCOc1ccncc1CN. The van der Waals surface area contributed by atoms with Crippen LogP contribution in [0.3, 0.4) is 0 Å². The van der Waals surface area contributed by atoms with Crippen LogP contribution in [0.1, 0.15) is 12.0 Å². The first-order valence-electron chi connectivity index (χ1n) is 5.14. The summed E-state index contributed by atoms with van der Waals surface area (Å²) in [5.41, 5.74) is 6.54. The van der Waals surface area contributed by atoms with E-state index in [0.717, 1.165) is 30.9 Å². The number of rotatable bonds is 6. The van der Waals surface area contributed by atoms with Crippen molar-refractivity contribution in [2.45, 2.75) is 13.0 Å². The molecule has 0 amide bonds. The Kier molecular flexibility index (Phi) is 5.07. The summed E-state index contributed by atoms with van der Waals surface area (Å²) in [6.45, 7) is 2.22. The fourth-order valence-corrected chi connectivity index (χ4v) is 1.27. The van der Waals surface area contributed by atoms with E-state index in [9.17, 15) is 0 Å². The first-order chi connectivity index (χ1) is 7.24. The van der Waals surface area contributed by atoms with Crippen molar-refractivity contribution in [2.75, 3.05) is 27.2 Å². The molecule has 0 saturated carbocycles. The maximum absolute atomic E-state index is 5.63. The Hall–Kier alpha value is -1.13. The summed E-state index contributed by atoms with van der Waals surface area (Å²) in [6, 6.07) is 1.86. The monoisotopic (exact) mass is 209 g/mol. The molecule has 0 aromatic carbocycles. The van der Waals surface area contributed by atoms with Gasteiger partial charge in [0, 0.05) is 31.0 Å². The second-order valence-corrected chi connectivity index (χ2v) is 3.69. The molecule has 1 heterocycles. The Morgan fingerprint density at radius 3 is 2.93 bits per heavy atom. The van der Waals surface area contributed by atoms with Gasteiger partial charge in [0.2, 0.25) is 0 Å². The van der Waals surface area contributed by atoms with Gasteiger partial charge < -0.3 is 15.4 Å². The molecule has 4 nitrogen and oxygen atoms in total. The molecule has 0 aliphatic carbocycles. The highest BCUT2D eigenvalue weighted by Gasteiger charge is 2.01. The zero-order chi connectivity index (χ0) is 11.1. The topological polar surface area (TPSA) is 51.4 Å². The van der Waals surface area contributed by atoms with Crippen LogP contribution in [0.2, 0.25) is 0 Å². The van der Waals surface area contributed by atoms with Crippen LogP contribution in [0.5, 0.6) is 5.75 Å². The number of aromatic nitrogens is 1. The third kappa shape index (κ3) is 4.27. The predicted molar refractivity (Wildman–Crippen MR) is 60.8 cm³/mol. The summed E-state index contributed by atoms with van der Waals surface area (Å²) < 4.78 is 5.63. The predicted octanol–water partition coefficient (Wildman–Crippen LogP) is 0.871. The number of hydrogen-bond acceptors (Lipinski definition) is 4. The fourth-order valence-electron chi connectivity index (χ4n) is 1.27. The lowest BCUT2D eigenvalue weighted by atomic mass is 10.2. The molecule has 0 atom stereocenters. The van der Waals surface area contributed by atoms with Gasteiger partial charge in [-0.2, -0.15) is 0 Å². The lowest BCUT2D eigenvalue weighted by Gasteiger charge is -2.12. The smallest absolute Gasteiger partial charge is 0.126 e. The van der Waals surface area contributed by atoms with Crippen LogP contribution in [0.25, 0.3) is 0 Å². The maximum atomic E-state index is 5.63. The van der Waals surface area contributed by atoms with Gasteiger partial charge in [-0.1, -0.05) is 0 Å². The van der Waals surface area contributed by atoms with Crippen molar-refractivity contribution in [1.82, 2.24) is 9.88 Å². The molecule has 0 spiro atoms. The summed E-state index contributed by atoms with van der Waals surface area (Å²) in [6.07, 6.45) is 4.49. The second-order valence-electron chi connectivity index (χ2n) is 3.69. The summed E-state index contributed by atoms with van der Waals surface area (Å²) in [7, 11) is 4.11. The van der Waals surface area contributed by atoms with Gasteiger partial charge in [-0.25, -0.2) is 0 Å². The highest BCUT2D eigenvalue weighted by Crippen LogP contribution is 2.15. The average molecular weight is 209 g/mol. The van der Waals surface area contributed by atoms with Gasteiger partial charge in [-0.05, 0) is 26.6 Å². The third-order valence-corrected chi connectivity index (χ3v) is 2.09. The van der Waals surface area contributed by atoms with Crippen molar-refractivity contribution < 1.29 is 4.74 Å². The molecule has 0 bridgehead atoms. The zero-order valence-electron chi connectivity index (χ0n) is 9.44. The standard InChI is InChI=1S/C11H19N3O/c1-14(2)6-3-7-15-11-4-5-13-9-10(11)8-12/h4-5,9H,3,6-8,12H2,1-2H3. The molecule has 1 aromatic heterocycles. The molecule has 1 rings (SSSR count). The van der Waals surface area contributed by atoms with Gasteiger partial charge in [0.15, 0.2) is 0 Å². The van der Waals surface area contributed by atoms with Gasteiger partial charge in [0.1, 0.15) is 5.75 Å². The van der Waals surface area contributed by atoms with Gasteiger partial charge in [-0.3, -0.25) is 4.98 Å². The first kappa shape index (κ1) is 11.9. The molecule has 0 saturated heterocycles. The normalized spacial score (nSPS) is 10.7. The molecule has 4 heteroatoms. The molecule has 2 N–H and O–H groups in total. The van der Waals surface area contributed by atoms with Crippen molar-refractivity contribution in [2.24, 2.45) is 5.73 Å². The van der Waals surface area contributed by atoms with E-state index in [2.05, 4.69) is 24.0 Å². The van der Waals surface area contributed by atoms with Crippen LogP contribution in [-0.2, 0) is 6.54 Å². The Morgan fingerprint density at radius 1 is 1.47 bits per heavy atom. The summed E-state index contributed by atoms with van der Waals surface area (Å²) in [5, 5.41) is 0. The van der Waals surface area contributed by atoms with E-state index in [1.54, 1.807) is 12.4 Å². The van der Waals surface area contributed by atoms with Gasteiger partial charge in [0.05, 0.1) is 6.61 Å². The lowest BCUT2D eigenvalue weighted by molar-refractivity contribution is 0.279. The highest BCUT2D eigenvalue weighted by molar-refractivity contribution is 5.29. The van der Waals surface area contributed by atoms with Crippen LogP contribution in [-0.4, -0.2) is 37.1 Å². The van der Waals surface area contributed by atoms with Crippen molar-refractivity contribution in [3.8, 4) is 5.75 Å². The minimum atomic E-state index is 0.469. The molecule has 15 heavy (non-hydrogen) atoms. The summed E-state index contributed by atoms with van der Waals surface area (Å²) in [5.74, 6) is 0.853. The highest BCUT2D eigenvalue weighted by atomic mass is 16.5. The lowest BCUT2D eigenvalue weighted by Crippen LogP contribution is -2.16. The van der Waals surface area contributed by atoms with Crippen molar-refractivity contribution >= 4 is 0 Å². The number of nitrogens with two attached hydrogens (primary N) is 1. The summed E-state index contributed by atoms with van der Waals surface area (Å²) >= 11 is 0. The van der Waals surface area contributed by atoms with Crippen molar-refractivity contribution in [3.05, 3.63) is 24.0 Å². The summed E-state index contributed by atoms with van der Waals surface area (Å²) in [4.78, 5) is 6.14. The third-order valence-electron chi connectivity index (χ3n) is 2.09. The zero-order valence-corrected chi connectivity index (χ0v) is 9.44. The molecule has 0 fully saturated rings. The van der Waals surface area contributed by atoms with Crippen LogP contribution >= 0.6 is 0 Å². The number of nitrogens with zero attached hydrogens (tertiary/aromatic N) is 2. The largest absolute Gasteiger partial charge is 0.493 e. The second kappa shape index (κ2) is 6.37. The fraction of sp³-hybridized carbons (Fsp3) is 0.545. The van der Waals surface area contributed by atoms with Crippen LogP contribution in [0.15, 0.2) is 18.5 Å². The van der Waals surface area contributed by atoms with Crippen molar-refractivity contribution in [1.29, 1.82) is 0 Å². The molecule has 1 aromatic rings. The Balaban J connectivity index is 2.36. The minimum Gasteiger partial charge on any atom is -0.493 e. The van der Waals surface area contributed by atoms with Crippen LogP contribution < -0.4 is 10.5 Å². The van der Waals surface area contributed by atoms with E-state index in [-0.39, 0.29) is 0 Å². The Morgan fingerprint density at radius 2 is 2.27 bits per heavy atom. The Bertz CT molecular complexity index is 289. The molecule has 0 aliphatic heterocycles. The molecule has 0 radical (unpaired) electrons. The average Bonchev–Trinajstić information content (AvgIpc) is 2.24.